The molecule has 144 valence electrons. The number of hydrogen-bond donors (Lipinski definition) is 2. The highest BCUT2D eigenvalue weighted by Gasteiger charge is 2.14. The molecule has 9 heteroatoms. The summed E-state index contributed by atoms with van der Waals surface area (Å²) in [6.45, 7) is 6.03. The average Bonchev–Trinajstić information content (AvgIpc) is 3.35. The molecule has 3 rings (SSSR count). The molecule has 0 unspecified atom stereocenters. The molecule has 0 bridgehead atoms. The topological polar surface area (TPSA) is 97.9 Å². The van der Waals surface area contributed by atoms with E-state index in [0.717, 1.165) is 47.1 Å². The zero-order valence-corrected chi connectivity index (χ0v) is 16.4. The van der Waals surface area contributed by atoms with Gasteiger partial charge < -0.3 is 15.1 Å². The summed E-state index contributed by atoms with van der Waals surface area (Å²) in [5.41, 5.74) is 0.773. The lowest BCUT2D eigenvalue weighted by molar-refractivity contribution is 0.0924. The lowest BCUT2D eigenvalue weighted by atomic mass is 10.3. The van der Waals surface area contributed by atoms with Gasteiger partial charge in [0.25, 0.3) is 5.91 Å². The first-order valence-electron chi connectivity index (χ1n) is 9.14. The van der Waals surface area contributed by atoms with E-state index in [2.05, 4.69) is 39.5 Å². The second-order valence-corrected chi connectivity index (χ2v) is 7.03. The van der Waals surface area contributed by atoms with Crippen molar-refractivity contribution in [2.45, 2.75) is 38.4 Å². The van der Waals surface area contributed by atoms with E-state index in [1.165, 1.54) is 6.26 Å². The van der Waals surface area contributed by atoms with Gasteiger partial charge in [0.15, 0.2) is 16.6 Å². The first kappa shape index (κ1) is 19.2. The third-order valence-corrected chi connectivity index (χ3v) is 4.86. The van der Waals surface area contributed by atoms with E-state index >= 15 is 0 Å². The summed E-state index contributed by atoms with van der Waals surface area (Å²) < 4.78 is 6.89. The summed E-state index contributed by atoms with van der Waals surface area (Å²) in [4.78, 5) is 21.3. The number of rotatable bonds is 10. The Morgan fingerprint density at radius 3 is 2.89 bits per heavy atom. The molecule has 27 heavy (non-hydrogen) atoms. The molecule has 0 aromatic carbocycles. The molecule has 0 fully saturated rings. The van der Waals surface area contributed by atoms with Crippen LogP contribution < -0.4 is 10.6 Å². The Labute approximate surface area is 162 Å². The monoisotopic (exact) mass is 388 g/mol. The number of thioether (sulfide) groups is 1. The summed E-state index contributed by atoms with van der Waals surface area (Å²) >= 11 is 1.64. The maximum absolute atomic E-state index is 12.0. The second kappa shape index (κ2) is 9.40. The highest BCUT2D eigenvalue weighted by molar-refractivity contribution is 7.99. The Morgan fingerprint density at radius 2 is 2.15 bits per heavy atom. The van der Waals surface area contributed by atoms with Crippen LogP contribution in [0.15, 0.2) is 34.2 Å². The minimum atomic E-state index is -0.240. The van der Waals surface area contributed by atoms with Gasteiger partial charge in [-0.2, -0.15) is 5.10 Å². The fourth-order valence-corrected chi connectivity index (χ4v) is 3.20. The summed E-state index contributed by atoms with van der Waals surface area (Å²) in [6.07, 6.45) is 5.32. The summed E-state index contributed by atoms with van der Waals surface area (Å²) in [5.74, 6) is 1.83. The van der Waals surface area contributed by atoms with E-state index in [9.17, 15) is 4.79 Å². The first-order chi connectivity index (χ1) is 13.2. The third kappa shape index (κ3) is 4.79. The molecule has 0 aliphatic carbocycles. The van der Waals surface area contributed by atoms with Gasteiger partial charge in [0, 0.05) is 18.8 Å². The number of nitrogens with zero attached hydrogens (tertiary/aromatic N) is 4. The standard InChI is InChI=1S/C18H24N6O2S/c1-3-7-19-15-13-12-21-24(16(13)23-18(22-15)27-11-4-2)9-8-20-17(25)14-6-5-10-26-14/h5-6,10,12H,3-4,7-9,11H2,1-2H3,(H,20,25)(H,19,22,23). The van der Waals surface area contributed by atoms with Gasteiger partial charge >= 0.3 is 0 Å². The maximum Gasteiger partial charge on any atom is 0.287 e. The molecule has 0 atom stereocenters. The average molecular weight is 388 g/mol. The molecule has 1 amide bonds. The van der Waals surface area contributed by atoms with Gasteiger partial charge in [-0.15, -0.1) is 0 Å². The van der Waals surface area contributed by atoms with Crippen molar-refractivity contribution in [2.75, 3.05) is 24.2 Å². The van der Waals surface area contributed by atoms with Gasteiger partial charge in [-0.1, -0.05) is 25.6 Å². The van der Waals surface area contributed by atoms with Crippen molar-refractivity contribution in [1.82, 2.24) is 25.1 Å². The molecule has 0 saturated carbocycles. The Balaban J connectivity index is 1.75. The van der Waals surface area contributed by atoms with Gasteiger partial charge in [0.1, 0.15) is 5.82 Å². The normalized spacial score (nSPS) is 11.0. The number of anilines is 1. The predicted molar refractivity (Wildman–Crippen MR) is 106 cm³/mol. The number of carbonyl (C=O) groups excluding carboxylic acids is 1. The summed E-state index contributed by atoms with van der Waals surface area (Å²) in [5, 5.41) is 12.3. The Hall–Kier alpha value is -2.55. The first-order valence-corrected chi connectivity index (χ1v) is 10.1. The lowest BCUT2D eigenvalue weighted by Crippen LogP contribution is -2.27. The predicted octanol–water partition coefficient (Wildman–Crippen LogP) is 3.17. The van der Waals surface area contributed by atoms with Crippen LogP contribution >= 0.6 is 11.8 Å². The van der Waals surface area contributed by atoms with Gasteiger partial charge in [-0.3, -0.25) is 4.79 Å². The van der Waals surface area contributed by atoms with Crippen LogP contribution in [0.3, 0.4) is 0 Å². The number of fused-ring (bicyclic) bond motifs is 1. The number of aromatic nitrogens is 4. The smallest absolute Gasteiger partial charge is 0.287 e. The second-order valence-electron chi connectivity index (χ2n) is 5.97. The fourth-order valence-electron chi connectivity index (χ4n) is 2.51. The number of furan rings is 1. The molecule has 0 aliphatic rings. The number of nitrogens with one attached hydrogen (secondary N) is 2. The van der Waals surface area contributed by atoms with Gasteiger partial charge in [-0.05, 0) is 25.0 Å². The molecule has 0 aliphatic heterocycles. The highest BCUT2D eigenvalue weighted by atomic mass is 32.2. The van der Waals surface area contributed by atoms with Crippen LogP contribution in [0.2, 0.25) is 0 Å². The molecule has 3 aromatic heterocycles. The Kier molecular flexibility index (Phi) is 6.69. The zero-order chi connectivity index (χ0) is 19.1. The lowest BCUT2D eigenvalue weighted by Gasteiger charge is -2.09. The molecule has 3 aromatic rings. The molecular weight excluding hydrogens is 364 g/mol. The highest BCUT2D eigenvalue weighted by Crippen LogP contribution is 2.24. The van der Waals surface area contributed by atoms with Gasteiger partial charge in [0.2, 0.25) is 0 Å². The van der Waals surface area contributed by atoms with Crippen LogP contribution in [0.4, 0.5) is 5.82 Å². The maximum atomic E-state index is 12.0. The van der Waals surface area contributed by atoms with E-state index in [-0.39, 0.29) is 5.91 Å². The van der Waals surface area contributed by atoms with Crippen LogP contribution in [0.1, 0.15) is 37.2 Å². The molecule has 0 spiro atoms. The molecule has 8 nitrogen and oxygen atoms in total. The van der Waals surface area contributed by atoms with E-state index in [1.54, 1.807) is 34.8 Å². The van der Waals surface area contributed by atoms with Gasteiger partial charge in [-0.25, -0.2) is 14.6 Å². The fraction of sp³-hybridized carbons (Fsp3) is 0.444. The van der Waals surface area contributed by atoms with Crippen molar-refractivity contribution in [1.29, 1.82) is 0 Å². The van der Waals surface area contributed by atoms with Crippen molar-refractivity contribution in [3.8, 4) is 0 Å². The van der Waals surface area contributed by atoms with Crippen molar-refractivity contribution >= 4 is 34.5 Å². The molecule has 0 saturated heterocycles. The van der Waals surface area contributed by atoms with Gasteiger partial charge in [0.05, 0.1) is 24.4 Å². The van der Waals surface area contributed by atoms with Crippen molar-refractivity contribution in [3.63, 3.8) is 0 Å². The van der Waals surface area contributed by atoms with E-state index in [4.69, 9.17) is 4.42 Å². The summed E-state index contributed by atoms with van der Waals surface area (Å²) in [6, 6.07) is 3.32. The van der Waals surface area contributed by atoms with Crippen LogP contribution in [0.5, 0.6) is 0 Å². The van der Waals surface area contributed by atoms with Crippen LogP contribution in [0, 0.1) is 0 Å². The molecule has 3 heterocycles. The quantitative estimate of drug-likeness (QED) is 0.406. The SMILES string of the molecule is CCCNc1nc(SCCC)nc2c1cnn2CCNC(=O)c1ccco1. The van der Waals surface area contributed by atoms with Crippen molar-refractivity contribution in [2.24, 2.45) is 0 Å². The summed E-state index contributed by atoms with van der Waals surface area (Å²) in [7, 11) is 0. The minimum Gasteiger partial charge on any atom is -0.459 e. The van der Waals surface area contributed by atoms with Crippen LogP contribution in [-0.2, 0) is 6.54 Å². The molecule has 2 N–H and O–H groups in total. The Bertz CT molecular complexity index is 877. The number of carbonyl (C=O) groups is 1. The molecular formula is C18H24N6O2S. The van der Waals surface area contributed by atoms with E-state index in [1.807, 2.05) is 0 Å². The van der Waals surface area contributed by atoms with Crippen LogP contribution in [-0.4, -0.2) is 44.5 Å². The number of amides is 1. The van der Waals surface area contributed by atoms with Crippen molar-refractivity contribution < 1.29 is 9.21 Å². The van der Waals surface area contributed by atoms with Crippen LogP contribution in [0.25, 0.3) is 11.0 Å². The number of hydrogen-bond acceptors (Lipinski definition) is 7. The van der Waals surface area contributed by atoms with Crippen molar-refractivity contribution in [3.05, 3.63) is 30.4 Å². The Morgan fingerprint density at radius 1 is 1.26 bits per heavy atom. The largest absolute Gasteiger partial charge is 0.459 e. The van der Waals surface area contributed by atoms with E-state index < -0.39 is 0 Å². The minimum absolute atomic E-state index is 0.240. The molecule has 0 radical (unpaired) electrons. The van der Waals surface area contributed by atoms with E-state index in [0.29, 0.717) is 18.8 Å². The third-order valence-electron chi connectivity index (χ3n) is 3.81. The zero-order valence-electron chi connectivity index (χ0n) is 15.6.